The number of rotatable bonds is 3. The molecule has 0 saturated heterocycles. The van der Waals surface area contributed by atoms with Crippen molar-refractivity contribution in [2.24, 2.45) is 0 Å². The third kappa shape index (κ3) is 2.59. The first-order valence-electron chi connectivity index (χ1n) is 5.52. The van der Waals surface area contributed by atoms with Gasteiger partial charge < -0.3 is 4.52 Å². The molecule has 0 amide bonds. The Morgan fingerprint density at radius 1 is 1.28 bits per heavy atom. The van der Waals surface area contributed by atoms with Crippen molar-refractivity contribution in [3.05, 3.63) is 30.2 Å². The quantitative estimate of drug-likeness (QED) is 0.852. The Balaban J connectivity index is 2.45. The Kier molecular flexibility index (Phi) is 3.21. The maximum atomic E-state index is 11.5. The number of hydrogen-bond donors (Lipinski definition) is 0. The number of sulfone groups is 1. The fourth-order valence-electron chi connectivity index (χ4n) is 1.45. The molecule has 0 spiro atoms. The van der Waals surface area contributed by atoms with Crippen LogP contribution in [0.15, 0.2) is 33.7 Å². The maximum Gasteiger partial charge on any atom is 0.229 e. The summed E-state index contributed by atoms with van der Waals surface area (Å²) in [5.74, 6) is 1.09. The molecule has 0 fully saturated rings. The number of hydrogen-bond acceptors (Lipinski definition) is 5. The lowest BCUT2D eigenvalue weighted by atomic mass is 10.2. The smallest absolute Gasteiger partial charge is 0.229 e. The Morgan fingerprint density at radius 3 is 2.56 bits per heavy atom. The summed E-state index contributed by atoms with van der Waals surface area (Å²) >= 11 is 0. The standard InChI is InChI=1S/C12H14N2O3S/c1-8(2)12-13-11(14-17-12)9-5-4-6-10(7-9)18(3,15)16/h4-8H,1-3H3. The van der Waals surface area contributed by atoms with Crippen LogP contribution in [0, 0.1) is 0 Å². The Labute approximate surface area is 106 Å². The first-order valence-corrected chi connectivity index (χ1v) is 7.41. The molecule has 0 aliphatic heterocycles. The monoisotopic (exact) mass is 266 g/mol. The van der Waals surface area contributed by atoms with E-state index in [0.717, 1.165) is 0 Å². The lowest BCUT2D eigenvalue weighted by molar-refractivity contribution is 0.365. The molecule has 1 aromatic heterocycles. The highest BCUT2D eigenvalue weighted by molar-refractivity contribution is 7.90. The van der Waals surface area contributed by atoms with Crippen molar-refractivity contribution in [1.29, 1.82) is 0 Å². The van der Waals surface area contributed by atoms with Gasteiger partial charge in [-0.05, 0) is 12.1 Å². The van der Waals surface area contributed by atoms with Gasteiger partial charge in [-0.1, -0.05) is 31.1 Å². The molecule has 5 nitrogen and oxygen atoms in total. The van der Waals surface area contributed by atoms with Crippen molar-refractivity contribution in [2.75, 3.05) is 6.26 Å². The predicted molar refractivity (Wildman–Crippen MR) is 66.9 cm³/mol. The van der Waals surface area contributed by atoms with Gasteiger partial charge in [0.1, 0.15) is 0 Å². The Morgan fingerprint density at radius 2 is 2.00 bits per heavy atom. The summed E-state index contributed by atoms with van der Waals surface area (Å²) in [5, 5.41) is 3.85. The topological polar surface area (TPSA) is 73.1 Å². The van der Waals surface area contributed by atoms with E-state index in [-0.39, 0.29) is 10.8 Å². The minimum Gasteiger partial charge on any atom is -0.339 e. The minimum atomic E-state index is -3.23. The Hall–Kier alpha value is -1.69. The van der Waals surface area contributed by atoms with Crippen LogP contribution < -0.4 is 0 Å². The van der Waals surface area contributed by atoms with Crippen molar-refractivity contribution < 1.29 is 12.9 Å². The molecular weight excluding hydrogens is 252 g/mol. The summed E-state index contributed by atoms with van der Waals surface area (Å²) in [6.45, 7) is 3.90. The van der Waals surface area contributed by atoms with E-state index in [1.165, 1.54) is 6.26 Å². The van der Waals surface area contributed by atoms with Crippen LogP contribution in [0.25, 0.3) is 11.4 Å². The minimum absolute atomic E-state index is 0.143. The van der Waals surface area contributed by atoms with Crippen LogP contribution >= 0.6 is 0 Å². The van der Waals surface area contributed by atoms with Gasteiger partial charge >= 0.3 is 0 Å². The second-order valence-electron chi connectivity index (χ2n) is 4.41. The van der Waals surface area contributed by atoms with Gasteiger partial charge in [-0.25, -0.2) is 8.42 Å². The number of benzene rings is 1. The summed E-state index contributed by atoms with van der Waals surface area (Å²) in [5.41, 5.74) is 0.633. The molecule has 96 valence electrons. The zero-order valence-electron chi connectivity index (χ0n) is 10.4. The molecule has 0 aliphatic carbocycles. The molecule has 6 heteroatoms. The van der Waals surface area contributed by atoms with Crippen molar-refractivity contribution >= 4 is 9.84 Å². The van der Waals surface area contributed by atoms with Gasteiger partial charge in [0.05, 0.1) is 4.90 Å². The molecule has 0 unspecified atom stereocenters. The molecule has 0 N–H and O–H groups in total. The fraction of sp³-hybridized carbons (Fsp3) is 0.333. The van der Waals surface area contributed by atoms with Crippen LogP contribution in [-0.4, -0.2) is 24.8 Å². The molecule has 2 aromatic rings. The molecule has 18 heavy (non-hydrogen) atoms. The number of aromatic nitrogens is 2. The second kappa shape index (κ2) is 4.53. The van der Waals surface area contributed by atoms with Crippen molar-refractivity contribution in [2.45, 2.75) is 24.7 Å². The van der Waals surface area contributed by atoms with Crippen molar-refractivity contribution in [1.82, 2.24) is 10.1 Å². The van der Waals surface area contributed by atoms with Crippen molar-refractivity contribution in [3.63, 3.8) is 0 Å². The van der Waals surface area contributed by atoms with Gasteiger partial charge in [-0.2, -0.15) is 4.98 Å². The van der Waals surface area contributed by atoms with Gasteiger partial charge in [-0.3, -0.25) is 0 Å². The lowest BCUT2D eigenvalue weighted by Gasteiger charge is -1.99. The third-order valence-electron chi connectivity index (χ3n) is 2.46. The molecule has 0 atom stereocenters. The van der Waals surface area contributed by atoms with Gasteiger partial charge in [0.15, 0.2) is 9.84 Å². The first-order chi connectivity index (χ1) is 8.38. The summed E-state index contributed by atoms with van der Waals surface area (Å²) in [7, 11) is -3.23. The molecule has 0 saturated carbocycles. The zero-order chi connectivity index (χ0) is 13.3. The van der Waals surface area contributed by atoms with E-state index in [9.17, 15) is 8.42 Å². The Bertz CT molecular complexity index is 659. The molecule has 2 rings (SSSR count). The summed E-state index contributed by atoms with van der Waals surface area (Å²) < 4.78 is 28.0. The molecule has 0 bridgehead atoms. The average molecular weight is 266 g/mol. The molecular formula is C12H14N2O3S. The summed E-state index contributed by atoms with van der Waals surface area (Å²) in [6.07, 6.45) is 1.17. The fourth-order valence-corrected chi connectivity index (χ4v) is 2.12. The normalized spacial score (nSPS) is 12.0. The van der Waals surface area contributed by atoms with E-state index in [1.54, 1.807) is 24.3 Å². The van der Waals surface area contributed by atoms with Crippen LogP contribution in [0.1, 0.15) is 25.7 Å². The van der Waals surface area contributed by atoms with E-state index in [1.807, 2.05) is 13.8 Å². The SMILES string of the molecule is CC(C)c1nc(-c2cccc(S(C)(=O)=O)c2)no1. The summed E-state index contributed by atoms with van der Waals surface area (Å²) in [4.78, 5) is 4.48. The highest BCUT2D eigenvalue weighted by Gasteiger charge is 2.13. The predicted octanol–water partition coefficient (Wildman–Crippen LogP) is 2.26. The molecule has 0 radical (unpaired) electrons. The number of nitrogens with zero attached hydrogens (tertiary/aromatic N) is 2. The van der Waals surface area contributed by atoms with Crippen LogP contribution in [0.5, 0.6) is 0 Å². The van der Waals surface area contributed by atoms with Gasteiger partial charge in [0, 0.05) is 17.7 Å². The van der Waals surface area contributed by atoms with Crippen LogP contribution in [0.4, 0.5) is 0 Å². The lowest BCUT2D eigenvalue weighted by Crippen LogP contribution is -1.97. The molecule has 1 heterocycles. The van der Waals surface area contributed by atoms with Crippen LogP contribution in [-0.2, 0) is 9.84 Å². The average Bonchev–Trinajstić information content (AvgIpc) is 2.77. The molecule has 1 aromatic carbocycles. The van der Waals surface area contributed by atoms with Gasteiger partial charge in [0.2, 0.25) is 11.7 Å². The highest BCUT2D eigenvalue weighted by Crippen LogP contribution is 2.21. The third-order valence-corrected chi connectivity index (χ3v) is 3.57. The zero-order valence-corrected chi connectivity index (χ0v) is 11.2. The van der Waals surface area contributed by atoms with Crippen LogP contribution in [0.3, 0.4) is 0 Å². The van der Waals surface area contributed by atoms with Crippen LogP contribution in [0.2, 0.25) is 0 Å². The van der Waals surface area contributed by atoms with E-state index in [0.29, 0.717) is 17.3 Å². The van der Waals surface area contributed by atoms with Crippen molar-refractivity contribution in [3.8, 4) is 11.4 Å². The largest absolute Gasteiger partial charge is 0.339 e. The summed E-state index contributed by atoms with van der Waals surface area (Å²) in [6, 6.07) is 6.51. The highest BCUT2D eigenvalue weighted by atomic mass is 32.2. The van der Waals surface area contributed by atoms with Gasteiger partial charge in [-0.15, -0.1) is 0 Å². The second-order valence-corrected chi connectivity index (χ2v) is 6.43. The van der Waals surface area contributed by atoms with E-state index >= 15 is 0 Å². The first kappa shape index (κ1) is 12.8. The van der Waals surface area contributed by atoms with E-state index < -0.39 is 9.84 Å². The van der Waals surface area contributed by atoms with Gasteiger partial charge in [0.25, 0.3) is 0 Å². The van der Waals surface area contributed by atoms with E-state index in [4.69, 9.17) is 4.52 Å². The maximum absolute atomic E-state index is 11.5. The van der Waals surface area contributed by atoms with E-state index in [2.05, 4.69) is 10.1 Å². The molecule has 0 aliphatic rings.